The Morgan fingerprint density at radius 3 is 2.32 bits per heavy atom. The Hall–Kier alpha value is -3.10. The minimum Gasteiger partial charge on any atom is -0.497 e. The number of hydrogen-bond donors (Lipinski definition) is 0. The van der Waals surface area contributed by atoms with Crippen LogP contribution in [0.25, 0.3) is 16.9 Å². The van der Waals surface area contributed by atoms with Crippen LogP contribution in [0.1, 0.15) is 30.0 Å². The number of amides is 1. The average molecular weight is 392 g/mol. The Balaban J connectivity index is 2.16. The molecule has 0 unspecified atom stereocenters. The van der Waals surface area contributed by atoms with Crippen molar-refractivity contribution < 1.29 is 22.7 Å². The number of hydrogen-bond acceptors (Lipinski definition) is 4. The summed E-state index contributed by atoms with van der Waals surface area (Å²) in [4.78, 5) is 18.3. The maximum Gasteiger partial charge on any atom is 0.433 e. The number of alkyl halides is 3. The lowest BCUT2D eigenvalue weighted by molar-refractivity contribution is -0.142. The summed E-state index contributed by atoms with van der Waals surface area (Å²) in [6.45, 7) is 4.44. The van der Waals surface area contributed by atoms with Gasteiger partial charge in [0.2, 0.25) is 0 Å². The third-order valence-electron chi connectivity index (χ3n) is 4.37. The Morgan fingerprint density at radius 2 is 1.79 bits per heavy atom. The lowest BCUT2D eigenvalue weighted by atomic mass is 10.1. The largest absolute Gasteiger partial charge is 0.497 e. The van der Waals surface area contributed by atoms with E-state index in [1.807, 2.05) is 0 Å². The second-order valence-electron chi connectivity index (χ2n) is 6.03. The molecule has 1 aromatic carbocycles. The lowest BCUT2D eigenvalue weighted by Gasteiger charge is -2.16. The van der Waals surface area contributed by atoms with Crippen molar-refractivity contribution in [1.82, 2.24) is 19.5 Å². The van der Waals surface area contributed by atoms with Crippen molar-refractivity contribution in [2.45, 2.75) is 20.0 Å². The number of methoxy groups -OCH3 is 1. The normalized spacial score (nSPS) is 11.6. The van der Waals surface area contributed by atoms with E-state index in [-0.39, 0.29) is 17.0 Å². The van der Waals surface area contributed by atoms with E-state index in [1.165, 1.54) is 18.1 Å². The van der Waals surface area contributed by atoms with E-state index in [0.717, 1.165) is 6.07 Å². The number of ether oxygens (including phenoxy) is 1. The van der Waals surface area contributed by atoms with Crippen LogP contribution in [0, 0.1) is 0 Å². The zero-order valence-electron chi connectivity index (χ0n) is 15.6. The van der Waals surface area contributed by atoms with Crippen molar-refractivity contribution in [1.29, 1.82) is 0 Å². The maximum absolute atomic E-state index is 13.6. The van der Waals surface area contributed by atoms with Gasteiger partial charge in [-0.3, -0.25) is 4.79 Å². The summed E-state index contributed by atoms with van der Waals surface area (Å²) in [6.07, 6.45) is -4.66. The van der Waals surface area contributed by atoms with Crippen molar-refractivity contribution in [2.75, 3.05) is 20.2 Å². The molecule has 0 atom stereocenters. The molecule has 0 spiro atoms. The fraction of sp³-hybridized carbons (Fsp3) is 0.316. The molecule has 148 valence electrons. The highest BCUT2D eigenvalue weighted by Crippen LogP contribution is 2.32. The van der Waals surface area contributed by atoms with Gasteiger partial charge in [0.1, 0.15) is 5.75 Å². The third kappa shape index (κ3) is 3.64. The predicted octanol–water partition coefficient (Wildman–Crippen LogP) is 3.91. The van der Waals surface area contributed by atoms with Gasteiger partial charge in [0.05, 0.1) is 12.8 Å². The lowest BCUT2D eigenvalue weighted by Crippen LogP contribution is -2.30. The van der Waals surface area contributed by atoms with E-state index in [0.29, 0.717) is 28.9 Å². The van der Waals surface area contributed by atoms with Crippen LogP contribution in [-0.4, -0.2) is 45.6 Å². The first-order chi connectivity index (χ1) is 13.3. The second-order valence-corrected chi connectivity index (χ2v) is 6.03. The van der Waals surface area contributed by atoms with Gasteiger partial charge in [0, 0.05) is 24.7 Å². The molecule has 9 heteroatoms. The number of halogens is 3. The van der Waals surface area contributed by atoms with Crippen LogP contribution in [-0.2, 0) is 6.18 Å². The molecular formula is C19H19F3N4O2. The van der Waals surface area contributed by atoms with Gasteiger partial charge in [0.25, 0.3) is 5.91 Å². The van der Waals surface area contributed by atoms with Gasteiger partial charge >= 0.3 is 6.18 Å². The monoisotopic (exact) mass is 392 g/mol. The Morgan fingerprint density at radius 1 is 1.14 bits per heavy atom. The molecule has 0 N–H and O–H groups in total. The first kappa shape index (κ1) is 19.7. The first-order valence-corrected chi connectivity index (χ1v) is 8.70. The molecule has 2 heterocycles. The number of carbonyl (C=O) groups is 1. The fourth-order valence-corrected chi connectivity index (χ4v) is 2.86. The summed E-state index contributed by atoms with van der Waals surface area (Å²) in [7, 11) is 1.50. The van der Waals surface area contributed by atoms with Crippen molar-refractivity contribution in [3.63, 3.8) is 0 Å². The highest BCUT2D eigenvalue weighted by atomic mass is 19.4. The van der Waals surface area contributed by atoms with Crippen LogP contribution in [0.3, 0.4) is 0 Å². The predicted molar refractivity (Wildman–Crippen MR) is 97.2 cm³/mol. The highest BCUT2D eigenvalue weighted by Gasteiger charge is 2.35. The van der Waals surface area contributed by atoms with E-state index in [2.05, 4.69) is 10.1 Å². The van der Waals surface area contributed by atoms with E-state index < -0.39 is 17.8 Å². The molecule has 0 bridgehead atoms. The molecule has 28 heavy (non-hydrogen) atoms. The van der Waals surface area contributed by atoms with Gasteiger partial charge < -0.3 is 9.64 Å². The van der Waals surface area contributed by atoms with E-state index in [1.54, 1.807) is 38.1 Å². The van der Waals surface area contributed by atoms with E-state index >= 15 is 0 Å². The maximum atomic E-state index is 13.6. The molecule has 2 aromatic heterocycles. The molecule has 0 radical (unpaired) electrons. The molecular weight excluding hydrogens is 373 g/mol. The molecule has 3 rings (SSSR count). The summed E-state index contributed by atoms with van der Waals surface area (Å²) in [5.41, 5.74) is -0.498. The minimum absolute atomic E-state index is 0.0452. The highest BCUT2D eigenvalue weighted by molar-refractivity contribution is 5.93. The van der Waals surface area contributed by atoms with Gasteiger partial charge in [-0.1, -0.05) is 0 Å². The Labute approximate surface area is 159 Å². The number of rotatable bonds is 5. The number of nitrogens with zero attached hydrogens (tertiary/aromatic N) is 4. The van der Waals surface area contributed by atoms with Crippen molar-refractivity contribution in [3.8, 4) is 17.0 Å². The molecule has 0 saturated carbocycles. The van der Waals surface area contributed by atoms with Crippen LogP contribution >= 0.6 is 0 Å². The Bertz CT molecular complexity index is 993. The third-order valence-corrected chi connectivity index (χ3v) is 4.37. The topological polar surface area (TPSA) is 59.7 Å². The summed E-state index contributed by atoms with van der Waals surface area (Å²) < 4.78 is 46.6. The van der Waals surface area contributed by atoms with Crippen molar-refractivity contribution in [3.05, 3.63) is 47.8 Å². The summed E-state index contributed by atoms with van der Waals surface area (Å²) in [5.74, 6) is 0.145. The number of carbonyl (C=O) groups excluding carboxylic acids is 1. The number of benzene rings is 1. The van der Waals surface area contributed by atoms with Gasteiger partial charge in [-0.05, 0) is 44.2 Å². The standard InChI is InChI=1S/C19H19F3N4O2/c1-4-25(5-2)18(27)15-11-17-23-14(12-6-8-13(28-3)9-7-12)10-16(19(20,21)22)26(17)24-15/h6-11H,4-5H2,1-3H3. The number of aromatic nitrogens is 3. The smallest absolute Gasteiger partial charge is 0.433 e. The van der Waals surface area contributed by atoms with E-state index in [9.17, 15) is 18.0 Å². The van der Waals surface area contributed by atoms with Crippen LogP contribution in [0.15, 0.2) is 36.4 Å². The Kier molecular flexibility index (Phi) is 5.26. The van der Waals surface area contributed by atoms with E-state index in [4.69, 9.17) is 4.74 Å². The number of fused-ring (bicyclic) bond motifs is 1. The molecule has 0 saturated heterocycles. The zero-order chi connectivity index (χ0) is 20.5. The van der Waals surface area contributed by atoms with Crippen LogP contribution in [0.5, 0.6) is 5.75 Å². The average Bonchev–Trinajstić information content (AvgIpc) is 3.11. The summed E-state index contributed by atoms with van der Waals surface area (Å²) in [5, 5.41) is 3.88. The summed E-state index contributed by atoms with van der Waals surface area (Å²) in [6, 6.07) is 8.73. The molecule has 0 aliphatic carbocycles. The molecule has 0 fully saturated rings. The van der Waals surface area contributed by atoms with Gasteiger partial charge in [-0.15, -0.1) is 0 Å². The molecule has 0 aliphatic rings. The van der Waals surface area contributed by atoms with Gasteiger partial charge in [0.15, 0.2) is 17.0 Å². The van der Waals surface area contributed by atoms with Crippen LogP contribution in [0.4, 0.5) is 13.2 Å². The van der Waals surface area contributed by atoms with Crippen molar-refractivity contribution >= 4 is 11.6 Å². The quantitative estimate of drug-likeness (QED) is 0.661. The SMILES string of the molecule is CCN(CC)C(=O)c1cc2nc(-c3ccc(OC)cc3)cc(C(F)(F)F)n2n1. The molecule has 0 aliphatic heterocycles. The zero-order valence-corrected chi connectivity index (χ0v) is 15.6. The molecule has 6 nitrogen and oxygen atoms in total. The summed E-state index contributed by atoms with van der Waals surface area (Å²) >= 11 is 0. The van der Waals surface area contributed by atoms with Crippen molar-refractivity contribution in [2.24, 2.45) is 0 Å². The minimum atomic E-state index is -4.66. The van der Waals surface area contributed by atoms with Crippen LogP contribution in [0.2, 0.25) is 0 Å². The fourth-order valence-electron chi connectivity index (χ4n) is 2.86. The first-order valence-electron chi connectivity index (χ1n) is 8.70. The van der Waals surface area contributed by atoms with Gasteiger partial charge in [-0.2, -0.15) is 18.3 Å². The molecule has 3 aromatic rings. The second kappa shape index (κ2) is 7.49. The molecule has 1 amide bonds. The van der Waals surface area contributed by atoms with Crippen LogP contribution < -0.4 is 4.74 Å². The van der Waals surface area contributed by atoms with Gasteiger partial charge in [-0.25, -0.2) is 9.50 Å².